The highest BCUT2D eigenvalue weighted by atomic mass is 35.5. The van der Waals surface area contributed by atoms with Gasteiger partial charge in [0, 0.05) is 43.6 Å². The summed E-state index contributed by atoms with van der Waals surface area (Å²) in [6.45, 7) is 4.13. The third-order valence-corrected chi connectivity index (χ3v) is 5.84. The number of hydrogen-bond donors (Lipinski definition) is 2. The second-order valence-electron chi connectivity index (χ2n) is 6.06. The van der Waals surface area contributed by atoms with Crippen molar-refractivity contribution >= 4 is 28.9 Å². The standard InChI is InChI=1S/C15H22ClN3O2S/c1-17-14(18-8-11(20)12-2-3-13(16)22-12)19-6-4-15(9-19)5-7-21-10-15/h2-3,11,20H,4-10H2,1H3,(H,17,18). The number of thiophene rings is 1. The first-order valence-corrected chi connectivity index (χ1v) is 8.78. The van der Waals surface area contributed by atoms with E-state index in [0.29, 0.717) is 16.3 Å². The van der Waals surface area contributed by atoms with Gasteiger partial charge >= 0.3 is 0 Å². The molecule has 0 saturated carbocycles. The maximum atomic E-state index is 10.2. The van der Waals surface area contributed by atoms with Crippen molar-refractivity contribution in [1.82, 2.24) is 10.2 Å². The second kappa shape index (κ2) is 6.74. The Morgan fingerprint density at radius 3 is 3.09 bits per heavy atom. The van der Waals surface area contributed by atoms with Crippen LogP contribution in [0.5, 0.6) is 0 Å². The number of likely N-dealkylation sites (tertiary alicyclic amines) is 1. The molecule has 5 nitrogen and oxygen atoms in total. The van der Waals surface area contributed by atoms with Gasteiger partial charge < -0.3 is 20.1 Å². The van der Waals surface area contributed by atoms with Gasteiger partial charge in [0.05, 0.1) is 10.9 Å². The van der Waals surface area contributed by atoms with E-state index in [0.717, 1.165) is 50.0 Å². The highest BCUT2D eigenvalue weighted by Crippen LogP contribution is 2.38. The minimum absolute atomic E-state index is 0.303. The van der Waals surface area contributed by atoms with Crippen LogP contribution >= 0.6 is 22.9 Å². The van der Waals surface area contributed by atoms with Crippen LogP contribution in [-0.2, 0) is 4.74 Å². The fraction of sp³-hybridized carbons (Fsp3) is 0.667. The summed E-state index contributed by atoms with van der Waals surface area (Å²) in [5.41, 5.74) is 0.303. The number of rotatable bonds is 3. The Morgan fingerprint density at radius 2 is 2.45 bits per heavy atom. The third-order valence-electron chi connectivity index (χ3n) is 4.51. The van der Waals surface area contributed by atoms with Crippen molar-refractivity contribution < 1.29 is 9.84 Å². The average molecular weight is 344 g/mol. The second-order valence-corrected chi connectivity index (χ2v) is 7.81. The van der Waals surface area contributed by atoms with E-state index in [1.807, 2.05) is 12.1 Å². The van der Waals surface area contributed by atoms with Gasteiger partial charge in [0.15, 0.2) is 5.96 Å². The van der Waals surface area contributed by atoms with Gasteiger partial charge in [0.2, 0.25) is 0 Å². The van der Waals surface area contributed by atoms with Crippen molar-refractivity contribution in [3.8, 4) is 0 Å². The maximum absolute atomic E-state index is 10.2. The molecule has 2 aliphatic heterocycles. The Hall–Kier alpha value is -0.820. The largest absolute Gasteiger partial charge is 0.386 e. The molecule has 122 valence electrons. The minimum atomic E-state index is -0.569. The van der Waals surface area contributed by atoms with Gasteiger partial charge in [-0.15, -0.1) is 11.3 Å². The van der Waals surface area contributed by atoms with Crippen LogP contribution in [0.4, 0.5) is 0 Å². The molecule has 22 heavy (non-hydrogen) atoms. The van der Waals surface area contributed by atoms with Crippen LogP contribution in [0, 0.1) is 5.41 Å². The SMILES string of the molecule is CN=C(NCC(O)c1ccc(Cl)s1)N1CCC2(CCOC2)C1. The predicted octanol–water partition coefficient (Wildman–Crippen LogP) is 2.12. The van der Waals surface area contributed by atoms with Crippen LogP contribution in [0.15, 0.2) is 17.1 Å². The number of aliphatic hydroxyl groups excluding tert-OH is 1. The molecule has 0 amide bonds. The maximum Gasteiger partial charge on any atom is 0.193 e. The van der Waals surface area contributed by atoms with Gasteiger partial charge in [0.1, 0.15) is 6.10 Å². The van der Waals surface area contributed by atoms with Crippen LogP contribution in [0.25, 0.3) is 0 Å². The van der Waals surface area contributed by atoms with Crippen molar-refractivity contribution in [3.63, 3.8) is 0 Å². The zero-order valence-electron chi connectivity index (χ0n) is 12.7. The number of aliphatic imine (C=N–C) groups is 1. The Labute approximate surface area is 139 Å². The van der Waals surface area contributed by atoms with Crippen LogP contribution < -0.4 is 5.32 Å². The molecule has 2 atom stereocenters. The Bertz CT molecular complexity index is 543. The monoisotopic (exact) mass is 343 g/mol. The summed E-state index contributed by atoms with van der Waals surface area (Å²) in [6, 6.07) is 3.67. The van der Waals surface area contributed by atoms with Crippen molar-refractivity contribution in [2.24, 2.45) is 10.4 Å². The van der Waals surface area contributed by atoms with E-state index in [4.69, 9.17) is 16.3 Å². The molecule has 0 aliphatic carbocycles. The zero-order chi connectivity index (χ0) is 15.6. The molecule has 0 radical (unpaired) electrons. The first kappa shape index (κ1) is 16.1. The van der Waals surface area contributed by atoms with E-state index in [9.17, 15) is 5.11 Å². The molecule has 2 saturated heterocycles. The summed E-state index contributed by atoms with van der Waals surface area (Å²) in [6.07, 6.45) is 1.72. The number of hydrogen-bond acceptors (Lipinski definition) is 4. The zero-order valence-corrected chi connectivity index (χ0v) is 14.3. The lowest BCUT2D eigenvalue weighted by Gasteiger charge is -2.25. The number of nitrogens with one attached hydrogen (secondary N) is 1. The number of guanidine groups is 1. The molecule has 1 aromatic heterocycles. The summed E-state index contributed by atoms with van der Waals surface area (Å²) in [5.74, 6) is 0.852. The molecule has 2 unspecified atom stereocenters. The summed E-state index contributed by atoms with van der Waals surface area (Å²) in [4.78, 5) is 7.49. The van der Waals surface area contributed by atoms with Crippen molar-refractivity contribution in [2.75, 3.05) is 39.9 Å². The van der Waals surface area contributed by atoms with E-state index >= 15 is 0 Å². The lowest BCUT2D eigenvalue weighted by Crippen LogP contribution is -2.42. The number of aliphatic hydroxyl groups is 1. The van der Waals surface area contributed by atoms with E-state index in [-0.39, 0.29) is 0 Å². The Kier molecular flexibility index (Phi) is 4.92. The van der Waals surface area contributed by atoms with Crippen LogP contribution in [0.3, 0.4) is 0 Å². The van der Waals surface area contributed by atoms with Crippen LogP contribution in [0.2, 0.25) is 4.34 Å². The van der Waals surface area contributed by atoms with Crippen molar-refractivity contribution in [1.29, 1.82) is 0 Å². The van der Waals surface area contributed by atoms with E-state index < -0.39 is 6.10 Å². The lowest BCUT2D eigenvalue weighted by molar-refractivity contribution is 0.156. The summed E-state index contributed by atoms with van der Waals surface area (Å²) in [5, 5.41) is 13.5. The van der Waals surface area contributed by atoms with Crippen LogP contribution in [-0.4, -0.2) is 55.9 Å². The highest BCUT2D eigenvalue weighted by molar-refractivity contribution is 7.16. The Balaban J connectivity index is 1.54. The predicted molar refractivity (Wildman–Crippen MR) is 89.7 cm³/mol. The van der Waals surface area contributed by atoms with Crippen LogP contribution in [0.1, 0.15) is 23.8 Å². The van der Waals surface area contributed by atoms with Gasteiger partial charge in [-0.1, -0.05) is 11.6 Å². The fourth-order valence-corrected chi connectivity index (χ4v) is 4.26. The number of ether oxygens (including phenoxy) is 1. The first-order valence-electron chi connectivity index (χ1n) is 7.59. The molecule has 2 aliphatic rings. The van der Waals surface area contributed by atoms with Gasteiger partial charge in [-0.25, -0.2) is 0 Å². The normalized spacial score (nSPS) is 26.9. The van der Waals surface area contributed by atoms with E-state index in [2.05, 4.69) is 15.2 Å². The van der Waals surface area contributed by atoms with Gasteiger partial charge in [0.25, 0.3) is 0 Å². The van der Waals surface area contributed by atoms with Crippen molar-refractivity contribution in [3.05, 3.63) is 21.3 Å². The molecule has 7 heteroatoms. The Morgan fingerprint density at radius 1 is 1.59 bits per heavy atom. The molecule has 2 fully saturated rings. The van der Waals surface area contributed by atoms with Gasteiger partial charge in [-0.05, 0) is 25.0 Å². The molecule has 1 spiro atoms. The molecular weight excluding hydrogens is 322 g/mol. The summed E-state index contributed by atoms with van der Waals surface area (Å²) >= 11 is 7.32. The smallest absolute Gasteiger partial charge is 0.193 e. The molecule has 3 heterocycles. The fourth-order valence-electron chi connectivity index (χ4n) is 3.22. The minimum Gasteiger partial charge on any atom is -0.386 e. The van der Waals surface area contributed by atoms with Gasteiger partial charge in [-0.3, -0.25) is 4.99 Å². The molecular formula is C15H22ClN3O2S. The summed E-state index contributed by atoms with van der Waals surface area (Å²) < 4.78 is 6.26. The number of nitrogens with zero attached hydrogens (tertiary/aromatic N) is 2. The highest BCUT2D eigenvalue weighted by Gasteiger charge is 2.42. The molecule has 2 N–H and O–H groups in total. The molecule has 1 aromatic rings. The third kappa shape index (κ3) is 3.40. The van der Waals surface area contributed by atoms with Gasteiger partial charge in [-0.2, -0.15) is 0 Å². The molecule has 0 aromatic carbocycles. The first-order chi connectivity index (χ1) is 10.6. The molecule has 0 bridgehead atoms. The topological polar surface area (TPSA) is 57.1 Å². The van der Waals surface area contributed by atoms with Crippen molar-refractivity contribution in [2.45, 2.75) is 18.9 Å². The average Bonchev–Trinajstić information content (AvgIpc) is 3.23. The number of halogens is 1. The summed E-state index contributed by atoms with van der Waals surface area (Å²) in [7, 11) is 1.78. The molecule has 3 rings (SSSR count). The quantitative estimate of drug-likeness (QED) is 0.652. The lowest BCUT2D eigenvalue weighted by atomic mass is 9.87. The van der Waals surface area contributed by atoms with E-state index in [1.54, 1.807) is 7.05 Å². The van der Waals surface area contributed by atoms with E-state index in [1.165, 1.54) is 11.3 Å².